The van der Waals surface area contributed by atoms with Gasteiger partial charge in [-0.1, -0.05) is 12.1 Å². The topological polar surface area (TPSA) is 62.3 Å². The van der Waals surface area contributed by atoms with E-state index in [1.54, 1.807) is 17.5 Å². The Kier molecular flexibility index (Phi) is 5.79. The highest BCUT2D eigenvalue weighted by Gasteiger charge is 2.21. The first-order chi connectivity index (χ1) is 13.6. The standard InChI is InChI=1S/C20H19N3O2S3/c1-13-14(20(25)23-7-10-26-11-8-23)4-2-5-15(13)22-18(24)17-12-21-19(28-17)16-6-3-9-27-16/h2-6,9,12H,7-8,10-11H2,1H3,(H,22,24). The van der Waals surface area contributed by atoms with Crippen LogP contribution in [0.5, 0.6) is 0 Å². The number of nitrogens with zero attached hydrogens (tertiary/aromatic N) is 2. The van der Waals surface area contributed by atoms with Gasteiger partial charge in [0, 0.05) is 35.8 Å². The summed E-state index contributed by atoms with van der Waals surface area (Å²) in [6.45, 7) is 3.42. The van der Waals surface area contributed by atoms with Crippen LogP contribution >= 0.6 is 34.4 Å². The van der Waals surface area contributed by atoms with Crippen LogP contribution in [0.1, 0.15) is 25.6 Å². The number of carbonyl (C=O) groups is 2. The van der Waals surface area contributed by atoms with Gasteiger partial charge in [-0.25, -0.2) is 4.98 Å². The molecule has 0 unspecified atom stereocenters. The Morgan fingerprint density at radius 3 is 2.71 bits per heavy atom. The van der Waals surface area contributed by atoms with E-state index in [4.69, 9.17) is 0 Å². The van der Waals surface area contributed by atoms with Crippen molar-refractivity contribution in [2.45, 2.75) is 6.92 Å². The molecule has 8 heteroatoms. The minimum atomic E-state index is -0.206. The van der Waals surface area contributed by atoms with Crippen LogP contribution in [-0.2, 0) is 0 Å². The fourth-order valence-corrected chi connectivity index (χ4v) is 5.54. The maximum Gasteiger partial charge on any atom is 0.267 e. The molecule has 28 heavy (non-hydrogen) atoms. The molecule has 0 spiro atoms. The highest BCUT2D eigenvalue weighted by atomic mass is 32.2. The zero-order valence-electron chi connectivity index (χ0n) is 15.3. The normalized spacial score (nSPS) is 14.1. The van der Waals surface area contributed by atoms with Crippen LogP contribution in [0.15, 0.2) is 41.9 Å². The SMILES string of the molecule is Cc1c(NC(=O)c2cnc(-c3cccs3)s2)cccc1C(=O)N1CCSCC1. The lowest BCUT2D eigenvalue weighted by molar-refractivity contribution is 0.0771. The van der Waals surface area contributed by atoms with Crippen molar-refractivity contribution >= 4 is 51.9 Å². The van der Waals surface area contributed by atoms with E-state index in [0.717, 1.165) is 40.0 Å². The Morgan fingerprint density at radius 2 is 1.96 bits per heavy atom. The average Bonchev–Trinajstić information content (AvgIpc) is 3.41. The molecule has 5 nitrogen and oxygen atoms in total. The van der Waals surface area contributed by atoms with E-state index in [9.17, 15) is 9.59 Å². The Bertz CT molecular complexity index is 992. The number of aromatic nitrogens is 1. The summed E-state index contributed by atoms with van der Waals surface area (Å²) < 4.78 is 0. The van der Waals surface area contributed by atoms with Gasteiger partial charge in [0.1, 0.15) is 9.88 Å². The van der Waals surface area contributed by atoms with Crippen LogP contribution < -0.4 is 5.32 Å². The molecule has 0 atom stereocenters. The summed E-state index contributed by atoms with van der Waals surface area (Å²) in [5.41, 5.74) is 2.10. The van der Waals surface area contributed by atoms with Crippen molar-refractivity contribution in [3.05, 3.63) is 57.9 Å². The Labute approximate surface area is 175 Å². The van der Waals surface area contributed by atoms with E-state index in [2.05, 4.69) is 10.3 Å². The summed E-state index contributed by atoms with van der Waals surface area (Å²) in [5, 5.41) is 5.77. The van der Waals surface area contributed by atoms with Gasteiger partial charge in [-0.05, 0) is 36.1 Å². The van der Waals surface area contributed by atoms with Crippen molar-refractivity contribution < 1.29 is 9.59 Å². The summed E-state index contributed by atoms with van der Waals surface area (Å²) >= 11 is 4.84. The molecule has 0 radical (unpaired) electrons. The number of amides is 2. The quantitative estimate of drug-likeness (QED) is 0.657. The summed E-state index contributed by atoms with van der Waals surface area (Å²) in [5.74, 6) is 1.77. The molecule has 0 bridgehead atoms. The number of hydrogen-bond donors (Lipinski definition) is 1. The van der Waals surface area contributed by atoms with Gasteiger partial charge in [-0.3, -0.25) is 9.59 Å². The molecule has 1 fully saturated rings. The molecule has 3 aromatic rings. The largest absolute Gasteiger partial charge is 0.337 e. The predicted molar refractivity (Wildman–Crippen MR) is 118 cm³/mol. The molecule has 3 heterocycles. The van der Waals surface area contributed by atoms with Crippen LogP contribution in [0, 0.1) is 6.92 Å². The zero-order chi connectivity index (χ0) is 19.5. The molecule has 2 aromatic heterocycles. The molecule has 2 amide bonds. The summed E-state index contributed by atoms with van der Waals surface area (Å²) in [7, 11) is 0. The average molecular weight is 430 g/mol. The van der Waals surface area contributed by atoms with Gasteiger partial charge in [0.25, 0.3) is 11.8 Å². The van der Waals surface area contributed by atoms with Gasteiger partial charge in [0.05, 0.1) is 11.1 Å². The first kappa shape index (κ1) is 19.2. The smallest absolute Gasteiger partial charge is 0.267 e. The highest BCUT2D eigenvalue weighted by Crippen LogP contribution is 2.30. The van der Waals surface area contributed by atoms with Crippen LogP contribution in [0.2, 0.25) is 0 Å². The highest BCUT2D eigenvalue weighted by molar-refractivity contribution is 7.99. The molecule has 4 rings (SSSR count). The fourth-order valence-electron chi connectivity index (χ4n) is 3.02. The van der Waals surface area contributed by atoms with E-state index in [1.165, 1.54) is 11.3 Å². The maximum atomic E-state index is 12.9. The van der Waals surface area contributed by atoms with E-state index in [-0.39, 0.29) is 11.8 Å². The number of nitrogens with one attached hydrogen (secondary N) is 1. The molecule has 144 valence electrons. The van der Waals surface area contributed by atoms with Gasteiger partial charge >= 0.3 is 0 Å². The minimum absolute atomic E-state index is 0.0340. The lowest BCUT2D eigenvalue weighted by Crippen LogP contribution is -2.38. The molecule has 0 aliphatic carbocycles. The summed E-state index contributed by atoms with van der Waals surface area (Å²) in [4.78, 5) is 33.4. The molecule has 1 aromatic carbocycles. The van der Waals surface area contributed by atoms with Crippen molar-refractivity contribution in [1.82, 2.24) is 9.88 Å². The van der Waals surface area contributed by atoms with Crippen molar-refractivity contribution in [3.8, 4) is 9.88 Å². The number of rotatable bonds is 4. The zero-order valence-corrected chi connectivity index (χ0v) is 17.8. The van der Waals surface area contributed by atoms with Gasteiger partial charge in [-0.2, -0.15) is 11.8 Å². The van der Waals surface area contributed by atoms with Gasteiger partial charge < -0.3 is 10.2 Å². The number of thiophene rings is 1. The Hall–Kier alpha value is -2.16. The van der Waals surface area contributed by atoms with Gasteiger partial charge in [0.2, 0.25) is 0 Å². The van der Waals surface area contributed by atoms with Crippen LogP contribution in [0.3, 0.4) is 0 Å². The van der Waals surface area contributed by atoms with Crippen molar-refractivity contribution in [1.29, 1.82) is 0 Å². The third kappa shape index (κ3) is 3.99. The van der Waals surface area contributed by atoms with Crippen molar-refractivity contribution in [2.24, 2.45) is 0 Å². The van der Waals surface area contributed by atoms with Gasteiger partial charge in [-0.15, -0.1) is 22.7 Å². The predicted octanol–water partition coefficient (Wildman–Crippen LogP) is 4.62. The molecule has 1 aliphatic rings. The number of hydrogen-bond acceptors (Lipinski definition) is 6. The monoisotopic (exact) mass is 429 g/mol. The third-order valence-electron chi connectivity index (χ3n) is 4.57. The van der Waals surface area contributed by atoms with Gasteiger partial charge in [0.15, 0.2) is 0 Å². The Morgan fingerprint density at radius 1 is 1.14 bits per heavy atom. The van der Waals surface area contributed by atoms with Crippen LogP contribution in [-0.4, -0.2) is 46.3 Å². The number of thiazole rings is 1. The van der Waals surface area contributed by atoms with E-state index in [1.807, 2.05) is 59.3 Å². The van der Waals surface area contributed by atoms with Crippen LogP contribution in [0.4, 0.5) is 5.69 Å². The second-order valence-corrected chi connectivity index (χ2v) is 9.55. The van der Waals surface area contributed by atoms with Crippen molar-refractivity contribution in [2.75, 3.05) is 29.9 Å². The van der Waals surface area contributed by atoms with E-state index >= 15 is 0 Å². The van der Waals surface area contributed by atoms with E-state index in [0.29, 0.717) is 16.1 Å². The maximum absolute atomic E-state index is 12.9. The number of anilines is 1. The molecule has 0 saturated carbocycles. The number of benzene rings is 1. The molecular formula is C20H19N3O2S3. The summed E-state index contributed by atoms with van der Waals surface area (Å²) in [6.07, 6.45) is 1.60. The van der Waals surface area contributed by atoms with E-state index < -0.39 is 0 Å². The lowest BCUT2D eigenvalue weighted by atomic mass is 10.1. The molecule has 1 aliphatic heterocycles. The molecule has 1 N–H and O–H groups in total. The number of thioether (sulfide) groups is 1. The third-order valence-corrected chi connectivity index (χ3v) is 7.55. The van der Waals surface area contributed by atoms with Crippen molar-refractivity contribution in [3.63, 3.8) is 0 Å². The minimum Gasteiger partial charge on any atom is -0.337 e. The van der Waals surface area contributed by atoms with Crippen LogP contribution in [0.25, 0.3) is 9.88 Å². The first-order valence-electron chi connectivity index (χ1n) is 8.91. The first-order valence-corrected chi connectivity index (χ1v) is 11.8. The molecular weight excluding hydrogens is 410 g/mol. The molecule has 1 saturated heterocycles. The lowest BCUT2D eigenvalue weighted by Gasteiger charge is -2.27. The second kappa shape index (κ2) is 8.46. The summed E-state index contributed by atoms with van der Waals surface area (Å²) in [6, 6.07) is 9.43. The Balaban J connectivity index is 1.52. The number of carbonyl (C=O) groups excluding carboxylic acids is 2. The fraction of sp³-hybridized carbons (Fsp3) is 0.250. The second-order valence-electron chi connectivity index (χ2n) is 6.34.